The normalized spacial score (nSPS) is 17.6. The summed E-state index contributed by atoms with van der Waals surface area (Å²) >= 11 is 0. The van der Waals surface area contributed by atoms with Gasteiger partial charge in [0.05, 0.1) is 11.4 Å². The molecule has 2 aromatic rings. The molecule has 1 aromatic heterocycles. The Morgan fingerprint density at radius 1 is 1.23 bits per heavy atom. The first-order valence-corrected chi connectivity index (χ1v) is 8.67. The number of carbonyl (C=O) groups is 1. The first kappa shape index (κ1) is 16.7. The second kappa shape index (κ2) is 6.53. The van der Waals surface area contributed by atoms with Crippen LogP contribution >= 0.6 is 0 Å². The molecule has 0 saturated carbocycles. The molecule has 8 heteroatoms. The van der Waals surface area contributed by atoms with E-state index in [0.29, 0.717) is 34.7 Å². The largest absolute Gasteiger partial charge is 0.341 e. The molecule has 1 aromatic carbocycles. The van der Waals surface area contributed by atoms with Crippen LogP contribution in [0, 0.1) is 5.82 Å². The molecule has 0 spiro atoms. The quantitative estimate of drug-likeness (QED) is 0.861. The fraction of sp³-hybridized carbons (Fsp3) is 0.389. The maximum absolute atomic E-state index is 13.5. The summed E-state index contributed by atoms with van der Waals surface area (Å²) < 4.78 is 13.5. The zero-order valence-corrected chi connectivity index (χ0v) is 14.8. The van der Waals surface area contributed by atoms with Gasteiger partial charge in [0.2, 0.25) is 5.95 Å². The van der Waals surface area contributed by atoms with E-state index in [-0.39, 0.29) is 5.91 Å². The Kier molecular flexibility index (Phi) is 4.20. The van der Waals surface area contributed by atoms with Crippen molar-refractivity contribution >= 4 is 29.0 Å². The van der Waals surface area contributed by atoms with Crippen molar-refractivity contribution in [3.05, 3.63) is 35.8 Å². The van der Waals surface area contributed by atoms with Gasteiger partial charge >= 0.3 is 0 Å². The Hall–Kier alpha value is -2.74. The number of hydrogen-bond acceptors (Lipinski definition) is 6. The number of aromatic nitrogens is 2. The molecule has 136 valence electrons. The lowest BCUT2D eigenvalue weighted by atomic mass is 10.0. The molecular weight excluding hydrogens is 335 g/mol. The number of nitrogens with zero attached hydrogens (tertiary/aromatic N) is 4. The SMILES string of the molecule is CN1CCC(N(C)c2ncc3c(n2)Nc2ccc(F)cc2NC3=O)CC1. The number of nitrogens with one attached hydrogen (secondary N) is 2. The Morgan fingerprint density at radius 3 is 2.77 bits per heavy atom. The summed E-state index contributed by atoms with van der Waals surface area (Å²) in [5, 5.41) is 5.83. The topological polar surface area (TPSA) is 73.4 Å². The van der Waals surface area contributed by atoms with Gasteiger partial charge < -0.3 is 20.4 Å². The number of benzene rings is 1. The van der Waals surface area contributed by atoms with E-state index in [1.165, 1.54) is 18.3 Å². The van der Waals surface area contributed by atoms with Crippen LogP contribution in [0.1, 0.15) is 23.2 Å². The van der Waals surface area contributed by atoms with Crippen molar-refractivity contribution in [3.63, 3.8) is 0 Å². The van der Waals surface area contributed by atoms with Crippen LogP contribution in [-0.2, 0) is 0 Å². The average molecular weight is 356 g/mol. The molecule has 0 radical (unpaired) electrons. The van der Waals surface area contributed by atoms with Gasteiger partial charge in [0.25, 0.3) is 5.91 Å². The number of likely N-dealkylation sites (tertiary alicyclic amines) is 1. The number of halogens is 1. The van der Waals surface area contributed by atoms with Crippen molar-refractivity contribution in [1.82, 2.24) is 14.9 Å². The highest BCUT2D eigenvalue weighted by Gasteiger charge is 2.25. The minimum Gasteiger partial charge on any atom is -0.341 e. The lowest BCUT2D eigenvalue weighted by Crippen LogP contribution is -2.42. The number of amides is 1. The van der Waals surface area contributed by atoms with Crippen molar-refractivity contribution in [2.45, 2.75) is 18.9 Å². The fourth-order valence-electron chi connectivity index (χ4n) is 3.40. The molecule has 1 saturated heterocycles. The third-order valence-electron chi connectivity index (χ3n) is 5.05. The number of piperidine rings is 1. The van der Waals surface area contributed by atoms with Crippen molar-refractivity contribution in [1.29, 1.82) is 0 Å². The monoisotopic (exact) mass is 356 g/mol. The average Bonchev–Trinajstić information content (AvgIpc) is 2.77. The summed E-state index contributed by atoms with van der Waals surface area (Å²) in [6, 6.07) is 4.58. The van der Waals surface area contributed by atoms with Gasteiger partial charge in [-0.05, 0) is 51.2 Å². The molecule has 1 fully saturated rings. The van der Waals surface area contributed by atoms with Gasteiger partial charge in [-0.1, -0.05) is 0 Å². The van der Waals surface area contributed by atoms with Gasteiger partial charge in [-0.3, -0.25) is 4.79 Å². The molecular formula is C18H21FN6O. The number of anilines is 4. The molecule has 0 unspecified atom stereocenters. The maximum atomic E-state index is 13.5. The van der Waals surface area contributed by atoms with E-state index in [4.69, 9.17) is 0 Å². The molecule has 2 aliphatic rings. The highest BCUT2D eigenvalue weighted by atomic mass is 19.1. The van der Waals surface area contributed by atoms with Gasteiger partial charge in [0.15, 0.2) is 0 Å². The number of carbonyl (C=O) groups excluding carboxylic acids is 1. The van der Waals surface area contributed by atoms with Crippen LogP contribution in [-0.4, -0.2) is 54.0 Å². The van der Waals surface area contributed by atoms with Crippen LogP contribution in [0.25, 0.3) is 0 Å². The zero-order valence-electron chi connectivity index (χ0n) is 14.8. The molecule has 3 heterocycles. The van der Waals surface area contributed by atoms with Crippen molar-refractivity contribution in [3.8, 4) is 0 Å². The van der Waals surface area contributed by atoms with E-state index < -0.39 is 5.82 Å². The molecule has 0 aliphatic carbocycles. The minimum absolute atomic E-state index is 0.335. The van der Waals surface area contributed by atoms with E-state index in [2.05, 4.69) is 37.4 Å². The molecule has 1 amide bonds. The lowest BCUT2D eigenvalue weighted by Gasteiger charge is -2.35. The van der Waals surface area contributed by atoms with Crippen LogP contribution in [0.3, 0.4) is 0 Å². The van der Waals surface area contributed by atoms with Crippen molar-refractivity contribution in [2.24, 2.45) is 0 Å². The van der Waals surface area contributed by atoms with E-state index >= 15 is 0 Å². The van der Waals surface area contributed by atoms with E-state index in [9.17, 15) is 9.18 Å². The molecule has 26 heavy (non-hydrogen) atoms. The van der Waals surface area contributed by atoms with Gasteiger partial charge in [-0.25, -0.2) is 9.37 Å². The second-order valence-electron chi connectivity index (χ2n) is 6.85. The summed E-state index contributed by atoms with van der Waals surface area (Å²) in [7, 11) is 4.11. The van der Waals surface area contributed by atoms with Gasteiger partial charge in [0, 0.05) is 19.3 Å². The van der Waals surface area contributed by atoms with Crippen LogP contribution < -0.4 is 15.5 Å². The van der Waals surface area contributed by atoms with E-state index in [1.54, 1.807) is 6.07 Å². The predicted octanol–water partition coefficient (Wildman–Crippen LogP) is 2.46. The Morgan fingerprint density at radius 2 is 2.00 bits per heavy atom. The maximum Gasteiger partial charge on any atom is 0.261 e. The molecule has 0 bridgehead atoms. The molecule has 2 N–H and O–H groups in total. The Labute approximate surface area is 151 Å². The van der Waals surface area contributed by atoms with Crippen LogP contribution in [0.15, 0.2) is 24.4 Å². The molecule has 2 aliphatic heterocycles. The van der Waals surface area contributed by atoms with Crippen molar-refractivity contribution in [2.75, 3.05) is 42.7 Å². The Bertz CT molecular complexity index is 850. The highest BCUT2D eigenvalue weighted by Crippen LogP contribution is 2.32. The molecule has 4 rings (SSSR count). The van der Waals surface area contributed by atoms with Crippen LogP contribution in [0.5, 0.6) is 0 Å². The van der Waals surface area contributed by atoms with Crippen LogP contribution in [0.4, 0.5) is 27.5 Å². The van der Waals surface area contributed by atoms with Gasteiger partial charge in [-0.15, -0.1) is 0 Å². The molecule has 7 nitrogen and oxygen atoms in total. The van der Waals surface area contributed by atoms with E-state index in [0.717, 1.165) is 25.9 Å². The summed E-state index contributed by atoms with van der Waals surface area (Å²) in [6.07, 6.45) is 3.61. The first-order valence-electron chi connectivity index (χ1n) is 8.67. The van der Waals surface area contributed by atoms with E-state index in [1.807, 2.05) is 7.05 Å². The highest BCUT2D eigenvalue weighted by molar-refractivity contribution is 6.11. The van der Waals surface area contributed by atoms with Gasteiger partial charge in [-0.2, -0.15) is 4.98 Å². The van der Waals surface area contributed by atoms with Crippen LogP contribution in [0.2, 0.25) is 0 Å². The standard InChI is InChI=1S/C18H21FN6O/c1-24-7-5-12(6-8-24)25(2)18-20-10-13-16(23-18)21-14-4-3-11(19)9-15(14)22-17(13)26/h3-4,9-10,12H,5-8H2,1-2H3,(H,22,26)(H,20,21,23). The number of hydrogen-bond donors (Lipinski definition) is 2. The number of fused-ring (bicyclic) bond motifs is 2. The summed E-state index contributed by atoms with van der Waals surface area (Å²) in [6.45, 7) is 2.08. The summed E-state index contributed by atoms with van der Waals surface area (Å²) in [4.78, 5) is 25.8. The van der Waals surface area contributed by atoms with Gasteiger partial charge in [0.1, 0.15) is 17.2 Å². The zero-order chi connectivity index (χ0) is 18.3. The fourth-order valence-corrected chi connectivity index (χ4v) is 3.40. The van der Waals surface area contributed by atoms with Crippen molar-refractivity contribution < 1.29 is 9.18 Å². The lowest BCUT2D eigenvalue weighted by molar-refractivity contribution is 0.102. The summed E-state index contributed by atoms with van der Waals surface area (Å²) in [5.41, 5.74) is 1.32. The third kappa shape index (κ3) is 3.08. The minimum atomic E-state index is -0.412. The Balaban J connectivity index is 1.64. The smallest absolute Gasteiger partial charge is 0.261 e. The summed E-state index contributed by atoms with van der Waals surface area (Å²) in [5.74, 6) is 0.234. The molecule has 0 atom stereocenters. The number of rotatable bonds is 2. The predicted molar refractivity (Wildman–Crippen MR) is 98.6 cm³/mol. The third-order valence-corrected chi connectivity index (χ3v) is 5.05. The second-order valence-corrected chi connectivity index (χ2v) is 6.85. The first-order chi connectivity index (χ1) is 12.5.